The summed E-state index contributed by atoms with van der Waals surface area (Å²) >= 11 is 0. The number of nitrogens with zero attached hydrogens (tertiary/aromatic N) is 1. The Morgan fingerprint density at radius 3 is 1.19 bits per heavy atom. The third-order valence-corrected chi connectivity index (χ3v) is 11.8. The molecule has 11 aromatic rings. The maximum Gasteiger partial charge on any atom is 0.0540 e. The molecule has 59 heavy (non-hydrogen) atoms. The molecule has 0 N–H and O–H groups in total. The quantitative estimate of drug-likeness (QED) is 0.140. The fourth-order valence-corrected chi connectivity index (χ4v) is 9.06. The molecule has 0 spiro atoms. The number of para-hydroxylation sites is 2. The van der Waals surface area contributed by atoms with E-state index in [4.69, 9.17) is 0 Å². The normalized spacial score (nSPS) is 11.4. The lowest BCUT2D eigenvalue weighted by molar-refractivity contribution is 1.28. The lowest BCUT2D eigenvalue weighted by atomic mass is 9.87. The Kier molecular flexibility index (Phi) is 8.56. The minimum atomic E-state index is 1.10. The molecule has 0 radical (unpaired) electrons. The van der Waals surface area contributed by atoms with Gasteiger partial charge in [0, 0.05) is 16.8 Å². The van der Waals surface area contributed by atoms with Crippen LogP contribution >= 0.6 is 0 Å². The van der Waals surface area contributed by atoms with E-state index in [0.29, 0.717) is 0 Å². The second-order valence-electron chi connectivity index (χ2n) is 15.2. The molecule has 0 saturated heterocycles. The zero-order chi connectivity index (χ0) is 39.1. The van der Waals surface area contributed by atoms with Crippen LogP contribution in [-0.2, 0) is 0 Å². The van der Waals surface area contributed by atoms with E-state index in [2.05, 4.69) is 241 Å². The van der Waals surface area contributed by atoms with Gasteiger partial charge in [-0.1, -0.05) is 206 Å². The standard InChI is InChI=1S/C58H39N/c1-4-15-40(16-5-1)46-21-14-22-47(39-46)50-36-30-45-31-37-53-49(35-29-44-32-38-54(50)58(45)57(44)53)43-27-33-48(34-28-43)59(55-25-12-10-23-51(55)41-17-6-2-7-18-41)56-26-13-11-24-52(56)42-19-8-3-9-20-42/h1-39H. The summed E-state index contributed by atoms with van der Waals surface area (Å²) in [5.74, 6) is 0. The summed E-state index contributed by atoms with van der Waals surface area (Å²) < 4.78 is 0. The molecule has 276 valence electrons. The van der Waals surface area contributed by atoms with E-state index in [-0.39, 0.29) is 0 Å². The second kappa shape index (κ2) is 14.6. The van der Waals surface area contributed by atoms with Crippen LogP contribution in [0.3, 0.4) is 0 Å². The molecule has 0 aromatic heterocycles. The van der Waals surface area contributed by atoms with Crippen molar-refractivity contribution >= 4 is 49.4 Å². The highest BCUT2D eigenvalue weighted by Crippen LogP contribution is 2.46. The Morgan fingerprint density at radius 2 is 0.644 bits per heavy atom. The predicted octanol–water partition coefficient (Wildman–Crippen LogP) is 16.4. The first kappa shape index (κ1) is 34.5. The third kappa shape index (κ3) is 6.12. The molecule has 0 heterocycles. The first-order chi connectivity index (χ1) is 29.3. The van der Waals surface area contributed by atoms with Crippen LogP contribution in [0.2, 0.25) is 0 Å². The van der Waals surface area contributed by atoms with Crippen molar-refractivity contribution in [1.29, 1.82) is 0 Å². The van der Waals surface area contributed by atoms with Crippen LogP contribution in [0.5, 0.6) is 0 Å². The molecule has 11 rings (SSSR count). The molecular formula is C58H39N. The van der Waals surface area contributed by atoms with Gasteiger partial charge in [0.15, 0.2) is 0 Å². The van der Waals surface area contributed by atoms with Gasteiger partial charge >= 0.3 is 0 Å². The Morgan fingerprint density at radius 1 is 0.237 bits per heavy atom. The molecule has 0 aliphatic heterocycles. The number of benzene rings is 11. The van der Waals surface area contributed by atoms with Crippen LogP contribution < -0.4 is 4.90 Å². The molecule has 0 aliphatic carbocycles. The monoisotopic (exact) mass is 749 g/mol. The van der Waals surface area contributed by atoms with Crippen molar-refractivity contribution in [3.8, 4) is 55.6 Å². The van der Waals surface area contributed by atoms with Gasteiger partial charge in [0.1, 0.15) is 0 Å². The van der Waals surface area contributed by atoms with Crippen molar-refractivity contribution in [3.05, 3.63) is 237 Å². The van der Waals surface area contributed by atoms with Crippen LogP contribution in [0.4, 0.5) is 17.1 Å². The molecule has 0 saturated carbocycles. The predicted molar refractivity (Wildman–Crippen MR) is 252 cm³/mol. The van der Waals surface area contributed by atoms with Gasteiger partial charge in [0.05, 0.1) is 11.4 Å². The molecule has 0 fully saturated rings. The third-order valence-electron chi connectivity index (χ3n) is 11.8. The number of hydrogen-bond acceptors (Lipinski definition) is 1. The highest BCUT2D eigenvalue weighted by molar-refractivity contribution is 6.27. The van der Waals surface area contributed by atoms with Gasteiger partial charge in [0.2, 0.25) is 0 Å². The SMILES string of the molecule is c1ccc(-c2cccc(-c3ccc4ccc5c(-c6ccc(N(c7ccccc7-c7ccccc7)c7ccccc7-c7ccccc7)cc6)ccc6ccc3c4c65)c2)cc1. The number of hydrogen-bond donors (Lipinski definition) is 0. The molecule has 1 heteroatoms. The van der Waals surface area contributed by atoms with Gasteiger partial charge in [-0.15, -0.1) is 0 Å². The highest BCUT2D eigenvalue weighted by Gasteiger charge is 2.21. The summed E-state index contributed by atoms with van der Waals surface area (Å²) in [7, 11) is 0. The summed E-state index contributed by atoms with van der Waals surface area (Å²) in [4.78, 5) is 2.42. The second-order valence-corrected chi connectivity index (χ2v) is 15.2. The number of anilines is 3. The number of rotatable bonds is 8. The van der Waals surface area contributed by atoms with Crippen LogP contribution in [-0.4, -0.2) is 0 Å². The van der Waals surface area contributed by atoms with Gasteiger partial charge in [-0.05, 0) is 107 Å². The Balaban J connectivity index is 1.05. The van der Waals surface area contributed by atoms with Crippen molar-refractivity contribution in [2.75, 3.05) is 4.90 Å². The molecule has 0 atom stereocenters. The average Bonchev–Trinajstić information content (AvgIpc) is 3.32. The Bertz CT molecular complexity index is 3160. The van der Waals surface area contributed by atoms with Gasteiger partial charge in [0.25, 0.3) is 0 Å². The van der Waals surface area contributed by atoms with Gasteiger partial charge in [-0.3, -0.25) is 0 Å². The van der Waals surface area contributed by atoms with Crippen LogP contribution in [0.1, 0.15) is 0 Å². The van der Waals surface area contributed by atoms with E-state index in [9.17, 15) is 0 Å². The van der Waals surface area contributed by atoms with Crippen LogP contribution in [0.15, 0.2) is 237 Å². The molecule has 11 aromatic carbocycles. The van der Waals surface area contributed by atoms with Crippen molar-refractivity contribution in [1.82, 2.24) is 0 Å². The minimum Gasteiger partial charge on any atom is -0.309 e. The van der Waals surface area contributed by atoms with E-state index < -0.39 is 0 Å². The fourth-order valence-electron chi connectivity index (χ4n) is 9.06. The zero-order valence-electron chi connectivity index (χ0n) is 32.5. The summed E-state index contributed by atoms with van der Waals surface area (Å²) in [5.41, 5.74) is 15.4. The average molecular weight is 750 g/mol. The fraction of sp³-hybridized carbons (Fsp3) is 0. The van der Waals surface area contributed by atoms with Gasteiger partial charge < -0.3 is 4.90 Å². The van der Waals surface area contributed by atoms with Crippen LogP contribution in [0, 0.1) is 0 Å². The van der Waals surface area contributed by atoms with E-state index in [1.165, 1.54) is 88.0 Å². The first-order valence-electron chi connectivity index (χ1n) is 20.3. The summed E-state index contributed by atoms with van der Waals surface area (Å²) in [6, 6.07) is 86.1. The van der Waals surface area contributed by atoms with E-state index >= 15 is 0 Å². The lowest BCUT2D eigenvalue weighted by Gasteiger charge is -2.30. The maximum atomic E-state index is 2.42. The highest BCUT2D eigenvalue weighted by atomic mass is 15.1. The van der Waals surface area contributed by atoms with E-state index in [0.717, 1.165) is 17.1 Å². The van der Waals surface area contributed by atoms with E-state index in [1.807, 2.05) is 0 Å². The summed E-state index contributed by atoms with van der Waals surface area (Å²) in [6.07, 6.45) is 0. The molecule has 0 aliphatic rings. The molecule has 1 nitrogen and oxygen atoms in total. The van der Waals surface area contributed by atoms with E-state index in [1.54, 1.807) is 0 Å². The molecule has 0 bridgehead atoms. The molecular weight excluding hydrogens is 711 g/mol. The lowest BCUT2D eigenvalue weighted by Crippen LogP contribution is -2.12. The Labute approximate surface area is 345 Å². The summed E-state index contributed by atoms with van der Waals surface area (Å²) in [5, 5.41) is 7.71. The Hall–Kier alpha value is -7.74. The van der Waals surface area contributed by atoms with Crippen molar-refractivity contribution in [3.63, 3.8) is 0 Å². The largest absolute Gasteiger partial charge is 0.309 e. The van der Waals surface area contributed by atoms with Crippen LogP contribution in [0.25, 0.3) is 88.0 Å². The van der Waals surface area contributed by atoms with Gasteiger partial charge in [-0.2, -0.15) is 0 Å². The topological polar surface area (TPSA) is 3.24 Å². The van der Waals surface area contributed by atoms with Crippen molar-refractivity contribution in [2.24, 2.45) is 0 Å². The molecule has 0 amide bonds. The van der Waals surface area contributed by atoms with Crippen molar-refractivity contribution in [2.45, 2.75) is 0 Å². The van der Waals surface area contributed by atoms with Crippen molar-refractivity contribution < 1.29 is 0 Å². The maximum absolute atomic E-state index is 2.42. The summed E-state index contributed by atoms with van der Waals surface area (Å²) in [6.45, 7) is 0. The zero-order valence-corrected chi connectivity index (χ0v) is 32.5. The smallest absolute Gasteiger partial charge is 0.0540 e. The minimum absolute atomic E-state index is 1.10. The molecule has 0 unspecified atom stereocenters. The first-order valence-corrected chi connectivity index (χ1v) is 20.3. The van der Waals surface area contributed by atoms with Gasteiger partial charge in [-0.25, -0.2) is 0 Å².